The standard InChI is InChI=1S/C51H50O4S2/c1-48(2)29-49(3,4)31-50(30-48)42-26-37(57-36-12-10-9-11-13-36)22-23-38(42)45-40-27-43(54-7)44(56-8)28-41(40)47-39(46(45)50)24-25-51(55-47,32-14-18-34(52-5)19-15-32)33-16-20-35(53-6)21-17-33/h9-28H,29-31H2,1-8H3. The monoisotopic (exact) mass is 790 g/mol. The summed E-state index contributed by atoms with van der Waals surface area (Å²) in [6.45, 7) is 9.90. The molecule has 0 aromatic heterocycles. The summed E-state index contributed by atoms with van der Waals surface area (Å²) in [6.07, 6.45) is 10.0. The summed E-state index contributed by atoms with van der Waals surface area (Å²) in [7, 11) is 5.19. The van der Waals surface area contributed by atoms with E-state index < -0.39 is 5.60 Å². The molecule has 6 heteroatoms. The van der Waals surface area contributed by atoms with Crippen molar-refractivity contribution >= 4 is 40.4 Å². The summed E-state index contributed by atoms with van der Waals surface area (Å²) >= 11 is 3.54. The van der Waals surface area contributed by atoms with Gasteiger partial charge in [0, 0.05) is 42.2 Å². The number of methoxy groups -OCH3 is 3. The highest BCUT2D eigenvalue weighted by Gasteiger charge is 2.55. The van der Waals surface area contributed by atoms with Gasteiger partial charge in [0.05, 0.1) is 21.3 Å². The van der Waals surface area contributed by atoms with Gasteiger partial charge in [-0.2, -0.15) is 0 Å². The van der Waals surface area contributed by atoms with E-state index in [1.165, 1.54) is 37.6 Å². The Bertz CT molecular complexity index is 2470. The second-order valence-corrected chi connectivity index (χ2v) is 19.4. The molecule has 57 heavy (non-hydrogen) atoms. The molecule has 0 unspecified atom stereocenters. The largest absolute Gasteiger partial charge is 0.497 e. The molecule has 1 spiro atoms. The maximum atomic E-state index is 7.77. The smallest absolute Gasteiger partial charge is 0.178 e. The Balaban J connectivity index is 1.37. The first-order valence-corrected chi connectivity index (χ1v) is 21.8. The minimum Gasteiger partial charge on any atom is -0.497 e. The van der Waals surface area contributed by atoms with Crippen molar-refractivity contribution in [1.29, 1.82) is 0 Å². The van der Waals surface area contributed by atoms with Gasteiger partial charge in [-0.25, -0.2) is 0 Å². The van der Waals surface area contributed by atoms with Crippen molar-refractivity contribution in [2.24, 2.45) is 10.8 Å². The minimum atomic E-state index is -0.921. The molecule has 4 nitrogen and oxygen atoms in total. The molecule has 0 N–H and O–H groups in total. The molecule has 0 radical (unpaired) electrons. The third-order valence-electron chi connectivity index (χ3n) is 12.3. The zero-order chi connectivity index (χ0) is 39.7. The van der Waals surface area contributed by atoms with Crippen molar-refractivity contribution in [3.05, 3.63) is 143 Å². The van der Waals surface area contributed by atoms with Crippen molar-refractivity contribution < 1.29 is 18.9 Å². The first-order chi connectivity index (χ1) is 27.4. The predicted molar refractivity (Wildman–Crippen MR) is 237 cm³/mol. The maximum absolute atomic E-state index is 7.77. The Hall–Kier alpha value is -4.78. The van der Waals surface area contributed by atoms with Gasteiger partial charge in [-0.05, 0) is 131 Å². The van der Waals surface area contributed by atoms with Crippen LogP contribution < -0.4 is 18.9 Å². The molecule has 0 saturated heterocycles. The lowest BCUT2D eigenvalue weighted by Gasteiger charge is -2.52. The van der Waals surface area contributed by atoms with Crippen LogP contribution in [0, 0.1) is 10.8 Å². The van der Waals surface area contributed by atoms with E-state index in [1.807, 2.05) is 36.0 Å². The van der Waals surface area contributed by atoms with E-state index in [0.717, 1.165) is 69.1 Å². The van der Waals surface area contributed by atoms with Gasteiger partial charge in [0.25, 0.3) is 0 Å². The lowest BCUT2D eigenvalue weighted by molar-refractivity contribution is 0.0641. The van der Waals surface area contributed by atoms with Gasteiger partial charge in [0.2, 0.25) is 0 Å². The number of ether oxygens (including phenoxy) is 4. The maximum Gasteiger partial charge on any atom is 0.178 e. The summed E-state index contributed by atoms with van der Waals surface area (Å²) < 4.78 is 25.1. The Morgan fingerprint density at radius 2 is 1.26 bits per heavy atom. The SMILES string of the molecule is COc1ccc(C2(c3ccc(OC)cc3)C=Cc3c4c(c5cc(OC)c(SC)cc5c3O2)-c2ccc(Sc3ccccc3)cc2C42CC(C)(C)CC(C)(C)C2)cc1. The quantitative estimate of drug-likeness (QED) is 0.143. The second-order valence-electron chi connectivity index (χ2n) is 17.4. The second kappa shape index (κ2) is 14.0. The molecule has 2 aliphatic carbocycles. The lowest BCUT2D eigenvalue weighted by Crippen LogP contribution is -2.44. The highest BCUT2D eigenvalue weighted by Crippen LogP contribution is 2.67. The molecule has 6 aromatic rings. The lowest BCUT2D eigenvalue weighted by atomic mass is 9.52. The van der Waals surface area contributed by atoms with Gasteiger partial charge in [0.15, 0.2) is 5.60 Å². The van der Waals surface area contributed by atoms with E-state index in [4.69, 9.17) is 18.9 Å². The first kappa shape index (κ1) is 37.8. The van der Waals surface area contributed by atoms with Crippen LogP contribution in [0.2, 0.25) is 0 Å². The summed E-state index contributed by atoms with van der Waals surface area (Å²) in [6, 6.07) is 39.1. The summed E-state index contributed by atoms with van der Waals surface area (Å²) in [5.41, 5.74) is 7.67. The van der Waals surface area contributed by atoms with E-state index in [1.54, 1.807) is 33.1 Å². The summed E-state index contributed by atoms with van der Waals surface area (Å²) in [5, 5.41) is 2.25. The Kier molecular flexibility index (Phi) is 9.25. The van der Waals surface area contributed by atoms with E-state index in [-0.39, 0.29) is 16.2 Å². The van der Waals surface area contributed by atoms with E-state index in [0.29, 0.717) is 0 Å². The molecule has 3 aliphatic rings. The highest BCUT2D eigenvalue weighted by molar-refractivity contribution is 7.99. The van der Waals surface area contributed by atoms with Crippen LogP contribution in [0.15, 0.2) is 130 Å². The van der Waals surface area contributed by atoms with E-state index in [9.17, 15) is 0 Å². The van der Waals surface area contributed by atoms with Crippen LogP contribution in [0.5, 0.6) is 23.0 Å². The first-order valence-electron chi connectivity index (χ1n) is 19.7. The van der Waals surface area contributed by atoms with Crippen LogP contribution in [-0.2, 0) is 11.0 Å². The molecular weight excluding hydrogens is 741 g/mol. The molecule has 1 heterocycles. The molecule has 290 valence electrons. The summed E-state index contributed by atoms with van der Waals surface area (Å²) in [5.74, 6) is 3.39. The fraction of sp³-hybridized carbons (Fsp3) is 0.294. The van der Waals surface area contributed by atoms with Crippen LogP contribution in [-0.4, -0.2) is 27.6 Å². The van der Waals surface area contributed by atoms with Crippen LogP contribution in [0.25, 0.3) is 28.0 Å². The molecule has 1 saturated carbocycles. The third-order valence-corrected chi connectivity index (χ3v) is 14.1. The number of rotatable bonds is 8. The van der Waals surface area contributed by atoms with Crippen LogP contribution >= 0.6 is 23.5 Å². The Morgan fingerprint density at radius 3 is 1.84 bits per heavy atom. The molecule has 0 bridgehead atoms. The number of fused-ring (bicyclic) bond motifs is 10. The van der Waals surface area contributed by atoms with E-state index >= 15 is 0 Å². The van der Waals surface area contributed by atoms with Crippen molar-refractivity contribution in [3.63, 3.8) is 0 Å². The van der Waals surface area contributed by atoms with Crippen molar-refractivity contribution in [2.75, 3.05) is 27.6 Å². The molecule has 1 aliphatic heterocycles. The van der Waals surface area contributed by atoms with Crippen LogP contribution in [0.4, 0.5) is 0 Å². The molecule has 1 fully saturated rings. The zero-order valence-electron chi connectivity index (χ0n) is 34.1. The van der Waals surface area contributed by atoms with E-state index in [2.05, 4.69) is 131 Å². The topological polar surface area (TPSA) is 36.9 Å². The number of hydrogen-bond donors (Lipinski definition) is 0. The molecule has 9 rings (SSSR count). The zero-order valence-corrected chi connectivity index (χ0v) is 35.8. The normalized spacial score (nSPS) is 17.7. The van der Waals surface area contributed by atoms with Gasteiger partial charge in [-0.3, -0.25) is 0 Å². The molecular formula is C51H50O4S2. The summed E-state index contributed by atoms with van der Waals surface area (Å²) in [4.78, 5) is 3.58. The minimum absolute atomic E-state index is 0.0978. The van der Waals surface area contributed by atoms with Crippen LogP contribution in [0.3, 0.4) is 0 Å². The van der Waals surface area contributed by atoms with Crippen molar-refractivity contribution in [1.82, 2.24) is 0 Å². The number of benzene rings is 6. The van der Waals surface area contributed by atoms with Gasteiger partial charge in [-0.15, -0.1) is 11.8 Å². The average Bonchev–Trinajstić information content (AvgIpc) is 3.46. The van der Waals surface area contributed by atoms with Gasteiger partial charge in [-0.1, -0.05) is 94.1 Å². The molecule has 0 amide bonds. The number of thioether (sulfide) groups is 1. The van der Waals surface area contributed by atoms with Crippen LogP contribution in [0.1, 0.15) is 74.8 Å². The van der Waals surface area contributed by atoms with Gasteiger partial charge in [0.1, 0.15) is 23.0 Å². The predicted octanol–water partition coefficient (Wildman–Crippen LogP) is 13.6. The molecule has 0 atom stereocenters. The fourth-order valence-electron chi connectivity index (χ4n) is 10.8. The Morgan fingerprint density at radius 1 is 0.632 bits per heavy atom. The molecule has 6 aromatic carbocycles. The van der Waals surface area contributed by atoms with Crippen molar-refractivity contribution in [3.8, 4) is 34.1 Å². The van der Waals surface area contributed by atoms with Gasteiger partial charge < -0.3 is 18.9 Å². The number of hydrogen-bond acceptors (Lipinski definition) is 6. The fourth-order valence-corrected chi connectivity index (χ4v) is 12.3. The van der Waals surface area contributed by atoms with Crippen molar-refractivity contribution in [2.45, 2.75) is 72.7 Å². The third kappa shape index (κ3) is 6.22. The average molecular weight is 791 g/mol. The van der Waals surface area contributed by atoms with Gasteiger partial charge >= 0.3 is 0 Å². The highest BCUT2D eigenvalue weighted by atomic mass is 32.2. The Labute approximate surface area is 346 Å².